The highest BCUT2D eigenvalue weighted by molar-refractivity contribution is 7.16. The lowest BCUT2D eigenvalue weighted by Gasteiger charge is -2.10. The van der Waals surface area contributed by atoms with Gasteiger partial charge in [-0.15, -0.1) is 22.9 Å². The molecule has 2 aromatic heterocycles. The molecule has 1 aromatic carbocycles. The third-order valence-corrected chi connectivity index (χ3v) is 4.76. The van der Waals surface area contributed by atoms with Gasteiger partial charge in [-0.1, -0.05) is 29.3 Å². The first-order chi connectivity index (χ1) is 9.56. The van der Waals surface area contributed by atoms with E-state index < -0.39 is 0 Å². The Kier molecular flexibility index (Phi) is 3.95. The van der Waals surface area contributed by atoms with Gasteiger partial charge in [0, 0.05) is 4.88 Å². The summed E-state index contributed by atoms with van der Waals surface area (Å²) in [5.41, 5.74) is 1.78. The van der Waals surface area contributed by atoms with E-state index in [4.69, 9.17) is 34.8 Å². The van der Waals surface area contributed by atoms with Crippen molar-refractivity contribution in [1.29, 1.82) is 0 Å². The number of alkyl halides is 1. The number of rotatable bonds is 3. The molecule has 0 aliphatic carbocycles. The maximum absolute atomic E-state index is 6.33. The Morgan fingerprint density at radius 3 is 2.70 bits per heavy atom. The van der Waals surface area contributed by atoms with Gasteiger partial charge in [-0.25, -0.2) is 4.98 Å². The fraction of sp³-hybridized carbons (Fsp3) is 0.214. The lowest BCUT2D eigenvalue weighted by molar-refractivity contribution is 0.750. The number of benzene rings is 1. The van der Waals surface area contributed by atoms with Crippen LogP contribution in [0.4, 0.5) is 0 Å². The van der Waals surface area contributed by atoms with Crippen molar-refractivity contribution >= 4 is 57.2 Å². The minimum atomic E-state index is -0.186. The zero-order valence-corrected chi connectivity index (χ0v) is 13.7. The van der Waals surface area contributed by atoms with Crippen LogP contribution in [0.15, 0.2) is 30.3 Å². The van der Waals surface area contributed by atoms with Crippen LogP contribution in [0.2, 0.25) is 9.36 Å². The Morgan fingerprint density at radius 2 is 2.05 bits per heavy atom. The average Bonchev–Trinajstić information content (AvgIpc) is 2.95. The molecule has 104 valence electrons. The van der Waals surface area contributed by atoms with Crippen LogP contribution in [0.3, 0.4) is 0 Å². The SMILES string of the molecule is CC(Cl)c1nc2cccc(Cl)c2n1Cc1ccc(Cl)s1. The Morgan fingerprint density at radius 1 is 1.25 bits per heavy atom. The van der Waals surface area contributed by atoms with Crippen molar-refractivity contribution in [2.24, 2.45) is 0 Å². The van der Waals surface area contributed by atoms with Crippen LogP contribution < -0.4 is 0 Å². The summed E-state index contributed by atoms with van der Waals surface area (Å²) in [4.78, 5) is 5.74. The summed E-state index contributed by atoms with van der Waals surface area (Å²) in [7, 11) is 0. The van der Waals surface area contributed by atoms with Crippen molar-refractivity contribution in [3.63, 3.8) is 0 Å². The molecule has 2 heterocycles. The zero-order chi connectivity index (χ0) is 14.3. The second-order valence-electron chi connectivity index (χ2n) is 4.49. The number of hydrogen-bond donors (Lipinski definition) is 0. The first-order valence-corrected chi connectivity index (χ1v) is 8.10. The normalized spacial score (nSPS) is 13.0. The number of imidazole rings is 1. The molecule has 0 saturated heterocycles. The maximum atomic E-state index is 6.33. The summed E-state index contributed by atoms with van der Waals surface area (Å²) in [6.45, 7) is 2.58. The molecule has 0 N–H and O–H groups in total. The highest BCUT2D eigenvalue weighted by Crippen LogP contribution is 2.31. The first kappa shape index (κ1) is 14.2. The lowest BCUT2D eigenvalue weighted by atomic mass is 10.3. The Hall–Kier alpha value is -0.740. The van der Waals surface area contributed by atoms with Crippen LogP contribution in [-0.4, -0.2) is 9.55 Å². The highest BCUT2D eigenvalue weighted by atomic mass is 35.5. The van der Waals surface area contributed by atoms with E-state index in [-0.39, 0.29) is 5.38 Å². The standard InChI is InChI=1S/C14H11Cl3N2S/c1-8(15)14-18-11-4-2-3-10(16)13(11)19(14)7-9-5-6-12(17)20-9/h2-6,8H,7H2,1H3. The van der Waals surface area contributed by atoms with Crippen molar-refractivity contribution in [3.05, 3.63) is 50.4 Å². The summed E-state index contributed by atoms with van der Waals surface area (Å²) >= 11 is 20.1. The molecule has 2 nitrogen and oxygen atoms in total. The monoisotopic (exact) mass is 344 g/mol. The van der Waals surface area contributed by atoms with Gasteiger partial charge in [0.15, 0.2) is 0 Å². The Balaban J connectivity index is 2.18. The second-order valence-corrected chi connectivity index (χ2v) is 7.35. The molecular formula is C14H11Cl3N2S. The number of fused-ring (bicyclic) bond motifs is 1. The summed E-state index contributed by atoms with van der Waals surface area (Å²) in [5.74, 6) is 0.819. The van der Waals surface area contributed by atoms with Crippen molar-refractivity contribution in [2.45, 2.75) is 18.8 Å². The molecule has 0 radical (unpaired) electrons. The molecular weight excluding hydrogens is 335 g/mol. The quantitative estimate of drug-likeness (QED) is 0.552. The van der Waals surface area contributed by atoms with E-state index >= 15 is 0 Å². The van der Waals surface area contributed by atoms with Crippen LogP contribution in [0, 0.1) is 0 Å². The maximum Gasteiger partial charge on any atom is 0.128 e. The van der Waals surface area contributed by atoms with Crippen LogP contribution in [0.5, 0.6) is 0 Å². The summed E-state index contributed by atoms with van der Waals surface area (Å²) < 4.78 is 2.84. The van der Waals surface area contributed by atoms with Gasteiger partial charge in [0.25, 0.3) is 0 Å². The molecule has 20 heavy (non-hydrogen) atoms. The Labute approximate surface area is 135 Å². The smallest absolute Gasteiger partial charge is 0.128 e. The van der Waals surface area contributed by atoms with Gasteiger partial charge in [0.1, 0.15) is 5.82 Å². The van der Waals surface area contributed by atoms with Crippen molar-refractivity contribution in [1.82, 2.24) is 9.55 Å². The van der Waals surface area contributed by atoms with E-state index in [0.29, 0.717) is 11.6 Å². The number of aromatic nitrogens is 2. The molecule has 0 fully saturated rings. The molecule has 3 aromatic rings. The molecule has 3 rings (SSSR count). The van der Waals surface area contributed by atoms with Crippen molar-refractivity contribution in [3.8, 4) is 0 Å². The fourth-order valence-electron chi connectivity index (χ4n) is 2.22. The molecule has 6 heteroatoms. The lowest BCUT2D eigenvalue weighted by Crippen LogP contribution is -2.04. The topological polar surface area (TPSA) is 17.8 Å². The number of halogens is 3. The van der Waals surface area contributed by atoms with Gasteiger partial charge in [-0.3, -0.25) is 0 Å². The van der Waals surface area contributed by atoms with E-state index in [1.807, 2.05) is 37.3 Å². The van der Waals surface area contributed by atoms with E-state index in [0.717, 1.165) is 26.1 Å². The van der Waals surface area contributed by atoms with Crippen molar-refractivity contribution in [2.75, 3.05) is 0 Å². The van der Waals surface area contributed by atoms with Gasteiger partial charge in [0.05, 0.1) is 32.3 Å². The third-order valence-electron chi connectivity index (χ3n) is 3.05. The average molecular weight is 346 g/mol. The number of para-hydroxylation sites is 1. The van der Waals surface area contributed by atoms with Gasteiger partial charge < -0.3 is 4.57 Å². The summed E-state index contributed by atoms with van der Waals surface area (Å²) in [6, 6.07) is 9.62. The predicted molar refractivity (Wildman–Crippen MR) is 87.4 cm³/mol. The fourth-order valence-corrected chi connectivity index (χ4v) is 3.73. The molecule has 0 aliphatic heterocycles. The number of thiophene rings is 1. The van der Waals surface area contributed by atoms with E-state index in [2.05, 4.69) is 9.55 Å². The van der Waals surface area contributed by atoms with Gasteiger partial charge in [-0.2, -0.15) is 0 Å². The van der Waals surface area contributed by atoms with Crippen LogP contribution in [0.1, 0.15) is 23.0 Å². The largest absolute Gasteiger partial charge is 0.320 e. The molecule has 0 bridgehead atoms. The first-order valence-electron chi connectivity index (χ1n) is 6.09. The van der Waals surface area contributed by atoms with E-state index in [1.165, 1.54) is 0 Å². The van der Waals surface area contributed by atoms with Crippen LogP contribution in [-0.2, 0) is 6.54 Å². The third kappa shape index (κ3) is 2.56. The van der Waals surface area contributed by atoms with E-state index in [1.54, 1.807) is 11.3 Å². The van der Waals surface area contributed by atoms with Gasteiger partial charge in [-0.05, 0) is 31.2 Å². The summed E-state index contributed by atoms with van der Waals surface area (Å²) in [5, 5.41) is 0.495. The molecule has 0 amide bonds. The minimum Gasteiger partial charge on any atom is -0.320 e. The van der Waals surface area contributed by atoms with Crippen LogP contribution >= 0.6 is 46.1 Å². The molecule has 0 saturated carbocycles. The number of nitrogens with zero attached hydrogens (tertiary/aromatic N) is 2. The summed E-state index contributed by atoms with van der Waals surface area (Å²) in [6.07, 6.45) is 0. The van der Waals surface area contributed by atoms with E-state index in [9.17, 15) is 0 Å². The molecule has 1 unspecified atom stereocenters. The van der Waals surface area contributed by atoms with Crippen LogP contribution in [0.25, 0.3) is 11.0 Å². The number of hydrogen-bond acceptors (Lipinski definition) is 2. The van der Waals surface area contributed by atoms with Gasteiger partial charge in [0.2, 0.25) is 0 Å². The minimum absolute atomic E-state index is 0.186. The molecule has 0 aliphatic rings. The predicted octanol–water partition coefficient (Wildman–Crippen LogP) is 5.75. The zero-order valence-electron chi connectivity index (χ0n) is 10.6. The Bertz CT molecular complexity index is 761. The molecule has 0 spiro atoms. The van der Waals surface area contributed by atoms with Crippen molar-refractivity contribution < 1.29 is 0 Å². The highest BCUT2D eigenvalue weighted by Gasteiger charge is 2.17. The second kappa shape index (κ2) is 5.57. The van der Waals surface area contributed by atoms with Gasteiger partial charge >= 0.3 is 0 Å². The molecule has 1 atom stereocenters.